The van der Waals surface area contributed by atoms with Crippen molar-refractivity contribution in [3.8, 4) is 11.4 Å². The van der Waals surface area contributed by atoms with Gasteiger partial charge in [-0.05, 0) is 62.7 Å². The second-order valence-corrected chi connectivity index (χ2v) is 8.58. The fourth-order valence-corrected chi connectivity index (χ4v) is 4.40. The highest BCUT2D eigenvalue weighted by molar-refractivity contribution is 5.76. The number of hydrogen-bond donors (Lipinski definition) is 0. The van der Waals surface area contributed by atoms with E-state index in [-0.39, 0.29) is 5.91 Å². The summed E-state index contributed by atoms with van der Waals surface area (Å²) >= 11 is 0. The molecule has 2 aromatic rings. The number of aryl methyl sites for hydroxylation is 1. The Bertz CT molecular complexity index is 786. The molecule has 0 radical (unpaired) electrons. The van der Waals surface area contributed by atoms with Crippen LogP contribution in [0, 0.1) is 11.8 Å². The van der Waals surface area contributed by atoms with E-state index in [4.69, 9.17) is 4.52 Å². The summed E-state index contributed by atoms with van der Waals surface area (Å²) < 4.78 is 5.33. The fraction of sp³-hybridized carbons (Fsp3) is 0.636. The van der Waals surface area contributed by atoms with Gasteiger partial charge in [0.05, 0.1) is 0 Å². The van der Waals surface area contributed by atoms with Crippen LogP contribution in [-0.4, -0.2) is 63.6 Å². The molecule has 0 spiro atoms. The highest BCUT2D eigenvalue weighted by Gasteiger charge is 2.26. The standard InChI is InChI=1S/C22H31N5O2/c1-17-8-13-26(14-9-17)15-18-3-2-12-27(16-18)21(28)5-4-20-24-22(25-29-20)19-6-10-23-11-7-19/h6-7,10-11,17-18H,2-5,8-9,12-16H2,1H3. The molecule has 156 valence electrons. The summed E-state index contributed by atoms with van der Waals surface area (Å²) in [6.07, 6.45) is 9.26. The van der Waals surface area contributed by atoms with E-state index in [1.807, 2.05) is 17.0 Å². The second kappa shape index (κ2) is 9.48. The summed E-state index contributed by atoms with van der Waals surface area (Å²) in [4.78, 5) is 25.8. The lowest BCUT2D eigenvalue weighted by atomic mass is 9.94. The first-order chi connectivity index (χ1) is 14.2. The first-order valence-corrected chi connectivity index (χ1v) is 10.9. The fourth-order valence-electron chi connectivity index (χ4n) is 4.40. The molecule has 0 saturated carbocycles. The minimum Gasteiger partial charge on any atom is -0.342 e. The van der Waals surface area contributed by atoms with E-state index in [2.05, 4.69) is 26.9 Å². The number of rotatable bonds is 6. The monoisotopic (exact) mass is 397 g/mol. The highest BCUT2D eigenvalue weighted by atomic mass is 16.5. The molecule has 0 aliphatic carbocycles. The second-order valence-electron chi connectivity index (χ2n) is 8.58. The third kappa shape index (κ3) is 5.41. The van der Waals surface area contributed by atoms with Crippen molar-refractivity contribution >= 4 is 5.91 Å². The molecule has 1 unspecified atom stereocenters. The van der Waals surface area contributed by atoms with E-state index in [0.717, 1.165) is 37.5 Å². The summed E-state index contributed by atoms with van der Waals surface area (Å²) in [5, 5.41) is 4.01. The molecule has 4 rings (SSSR count). The third-order valence-electron chi connectivity index (χ3n) is 6.22. The Morgan fingerprint density at radius 2 is 1.97 bits per heavy atom. The van der Waals surface area contributed by atoms with Gasteiger partial charge in [0, 0.05) is 50.4 Å². The average molecular weight is 398 g/mol. The number of hydrogen-bond acceptors (Lipinski definition) is 6. The lowest BCUT2D eigenvalue weighted by Crippen LogP contribution is -2.45. The quantitative estimate of drug-likeness (QED) is 0.746. The number of likely N-dealkylation sites (tertiary alicyclic amines) is 2. The Labute approximate surface area is 172 Å². The molecule has 2 fully saturated rings. The Balaban J connectivity index is 1.25. The van der Waals surface area contributed by atoms with Crippen molar-refractivity contribution in [1.82, 2.24) is 24.9 Å². The molecule has 29 heavy (non-hydrogen) atoms. The predicted molar refractivity (Wildman–Crippen MR) is 110 cm³/mol. The van der Waals surface area contributed by atoms with E-state index >= 15 is 0 Å². The molecule has 4 heterocycles. The lowest BCUT2D eigenvalue weighted by Gasteiger charge is -2.37. The van der Waals surface area contributed by atoms with Crippen molar-refractivity contribution in [3.05, 3.63) is 30.4 Å². The maximum atomic E-state index is 12.7. The Kier molecular flexibility index (Phi) is 6.54. The van der Waals surface area contributed by atoms with Crippen LogP contribution in [0.4, 0.5) is 0 Å². The van der Waals surface area contributed by atoms with Gasteiger partial charge in [0.25, 0.3) is 0 Å². The third-order valence-corrected chi connectivity index (χ3v) is 6.22. The zero-order valence-electron chi connectivity index (χ0n) is 17.3. The number of carbonyl (C=O) groups is 1. The van der Waals surface area contributed by atoms with Gasteiger partial charge in [-0.25, -0.2) is 0 Å². The van der Waals surface area contributed by atoms with Gasteiger partial charge in [0.15, 0.2) is 0 Å². The van der Waals surface area contributed by atoms with Gasteiger partial charge in [-0.3, -0.25) is 9.78 Å². The molecule has 2 saturated heterocycles. The van der Waals surface area contributed by atoms with Crippen LogP contribution in [0.15, 0.2) is 29.0 Å². The lowest BCUT2D eigenvalue weighted by molar-refractivity contribution is -0.133. The highest BCUT2D eigenvalue weighted by Crippen LogP contribution is 2.22. The van der Waals surface area contributed by atoms with Gasteiger partial charge in [-0.2, -0.15) is 4.98 Å². The molecule has 0 bridgehead atoms. The molecule has 1 amide bonds. The van der Waals surface area contributed by atoms with Crippen molar-refractivity contribution in [2.24, 2.45) is 11.8 Å². The predicted octanol–water partition coefficient (Wildman–Crippen LogP) is 3.03. The van der Waals surface area contributed by atoms with Crippen LogP contribution in [0.1, 0.15) is 44.9 Å². The van der Waals surface area contributed by atoms with E-state index in [1.165, 1.54) is 32.4 Å². The minimum atomic E-state index is 0.200. The number of carbonyl (C=O) groups excluding carboxylic acids is 1. The van der Waals surface area contributed by atoms with Gasteiger partial charge in [-0.15, -0.1) is 0 Å². The number of nitrogens with zero attached hydrogens (tertiary/aromatic N) is 5. The van der Waals surface area contributed by atoms with E-state index in [0.29, 0.717) is 30.5 Å². The molecular formula is C22H31N5O2. The molecule has 2 aliphatic heterocycles. The molecular weight excluding hydrogens is 366 g/mol. The van der Waals surface area contributed by atoms with Crippen molar-refractivity contribution in [1.29, 1.82) is 0 Å². The Morgan fingerprint density at radius 1 is 1.17 bits per heavy atom. The van der Waals surface area contributed by atoms with Crippen molar-refractivity contribution in [2.45, 2.75) is 45.4 Å². The normalized spacial score (nSPS) is 21.4. The van der Waals surface area contributed by atoms with Crippen LogP contribution in [0.5, 0.6) is 0 Å². The van der Waals surface area contributed by atoms with Gasteiger partial charge < -0.3 is 14.3 Å². The maximum absolute atomic E-state index is 12.7. The number of pyridine rings is 1. The molecule has 2 aliphatic rings. The largest absolute Gasteiger partial charge is 0.342 e. The topological polar surface area (TPSA) is 75.4 Å². The van der Waals surface area contributed by atoms with Crippen LogP contribution in [0.2, 0.25) is 0 Å². The van der Waals surface area contributed by atoms with Gasteiger partial charge in [0.1, 0.15) is 0 Å². The van der Waals surface area contributed by atoms with Crippen LogP contribution >= 0.6 is 0 Å². The molecule has 0 aromatic carbocycles. The number of aromatic nitrogens is 3. The van der Waals surface area contributed by atoms with E-state index in [9.17, 15) is 4.79 Å². The molecule has 7 heteroatoms. The van der Waals surface area contributed by atoms with Gasteiger partial charge in [-0.1, -0.05) is 12.1 Å². The van der Waals surface area contributed by atoms with Crippen molar-refractivity contribution in [3.63, 3.8) is 0 Å². The summed E-state index contributed by atoms with van der Waals surface area (Å²) in [5.74, 6) is 2.72. The van der Waals surface area contributed by atoms with Crippen LogP contribution in [0.25, 0.3) is 11.4 Å². The summed E-state index contributed by atoms with van der Waals surface area (Å²) in [6.45, 7) is 7.66. The van der Waals surface area contributed by atoms with Crippen LogP contribution in [-0.2, 0) is 11.2 Å². The average Bonchev–Trinajstić information content (AvgIpc) is 3.24. The number of amides is 1. The summed E-state index contributed by atoms with van der Waals surface area (Å²) in [5.41, 5.74) is 0.868. The zero-order chi connectivity index (χ0) is 20.1. The Hall–Kier alpha value is -2.28. The van der Waals surface area contributed by atoms with E-state index in [1.54, 1.807) is 12.4 Å². The summed E-state index contributed by atoms with van der Waals surface area (Å²) in [7, 11) is 0. The molecule has 2 aromatic heterocycles. The zero-order valence-corrected chi connectivity index (χ0v) is 17.3. The molecule has 1 atom stereocenters. The van der Waals surface area contributed by atoms with Crippen molar-refractivity contribution in [2.75, 3.05) is 32.7 Å². The summed E-state index contributed by atoms with van der Waals surface area (Å²) in [6, 6.07) is 3.69. The van der Waals surface area contributed by atoms with Gasteiger partial charge >= 0.3 is 0 Å². The maximum Gasteiger partial charge on any atom is 0.227 e. The smallest absolute Gasteiger partial charge is 0.227 e. The van der Waals surface area contributed by atoms with Gasteiger partial charge in [0.2, 0.25) is 17.6 Å². The minimum absolute atomic E-state index is 0.200. The molecule has 7 nitrogen and oxygen atoms in total. The first-order valence-electron chi connectivity index (χ1n) is 10.9. The van der Waals surface area contributed by atoms with Crippen LogP contribution in [0.3, 0.4) is 0 Å². The van der Waals surface area contributed by atoms with E-state index < -0.39 is 0 Å². The SMILES string of the molecule is CC1CCN(CC2CCCN(C(=O)CCc3nc(-c4ccncc4)no3)C2)CC1. The Morgan fingerprint density at radius 3 is 2.76 bits per heavy atom. The molecule has 0 N–H and O–H groups in total. The van der Waals surface area contributed by atoms with Crippen LogP contribution < -0.4 is 0 Å². The number of piperidine rings is 2. The first kappa shape index (κ1) is 20.0. The van der Waals surface area contributed by atoms with Crippen molar-refractivity contribution < 1.29 is 9.32 Å².